The van der Waals surface area contributed by atoms with Gasteiger partial charge in [-0.05, 0) is 37.1 Å². The van der Waals surface area contributed by atoms with Gasteiger partial charge in [0.15, 0.2) is 0 Å². The summed E-state index contributed by atoms with van der Waals surface area (Å²) in [5.41, 5.74) is 1.69. The molecule has 4 nitrogen and oxygen atoms in total. The summed E-state index contributed by atoms with van der Waals surface area (Å²) in [6.45, 7) is 6.86. The molecule has 2 rings (SSSR count). The Morgan fingerprint density at radius 2 is 1.86 bits per heavy atom. The Labute approximate surface area is 124 Å². The van der Waals surface area contributed by atoms with E-state index in [0.717, 1.165) is 48.1 Å². The van der Waals surface area contributed by atoms with Crippen LogP contribution in [0.5, 0.6) is 0 Å². The zero-order valence-corrected chi connectivity index (χ0v) is 12.7. The van der Waals surface area contributed by atoms with Crippen LogP contribution in [0.1, 0.15) is 31.7 Å². The number of halogens is 1. The lowest BCUT2D eigenvalue weighted by atomic mass is 10.2. The first kappa shape index (κ1) is 15.2. The molecule has 0 radical (unpaired) electrons. The Morgan fingerprint density at radius 1 is 1.10 bits per heavy atom. The molecule has 0 saturated carbocycles. The molecule has 0 bridgehead atoms. The number of nitrogens with zero attached hydrogens (tertiary/aromatic N) is 2. The van der Waals surface area contributed by atoms with Crippen molar-refractivity contribution >= 4 is 17.3 Å². The average molecular weight is 288 g/mol. The van der Waals surface area contributed by atoms with Crippen molar-refractivity contribution in [2.45, 2.75) is 33.6 Å². The van der Waals surface area contributed by atoms with E-state index in [-0.39, 0.29) is 5.82 Å². The van der Waals surface area contributed by atoms with Crippen molar-refractivity contribution in [3.63, 3.8) is 0 Å². The summed E-state index contributed by atoms with van der Waals surface area (Å²) in [6.07, 6.45) is 1.80. The number of aromatic nitrogens is 2. The summed E-state index contributed by atoms with van der Waals surface area (Å²) in [4.78, 5) is 8.91. The van der Waals surface area contributed by atoms with E-state index in [1.54, 1.807) is 6.07 Å². The Morgan fingerprint density at radius 3 is 2.52 bits per heavy atom. The molecule has 1 aromatic carbocycles. The van der Waals surface area contributed by atoms with Gasteiger partial charge in [0.05, 0.1) is 0 Å². The number of benzene rings is 1. The Hall–Kier alpha value is -2.17. The molecule has 1 aromatic heterocycles. The van der Waals surface area contributed by atoms with E-state index in [9.17, 15) is 4.39 Å². The van der Waals surface area contributed by atoms with Crippen LogP contribution in [0.15, 0.2) is 24.3 Å². The highest BCUT2D eigenvalue weighted by molar-refractivity contribution is 5.62. The van der Waals surface area contributed by atoms with E-state index < -0.39 is 0 Å². The van der Waals surface area contributed by atoms with Crippen LogP contribution in [0.25, 0.3) is 0 Å². The fraction of sp³-hybridized carbons (Fsp3) is 0.375. The van der Waals surface area contributed by atoms with Gasteiger partial charge in [0.1, 0.15) is 23.3 Å². The first-order valence-electron chi connectivity index (χ1n) is 7.27. The van der Waals surface area contributed by atoms with Crippen molar-refractivity contribution in [3.8, 4) is 0 Å². The normalized spacial score (nSPS) is 10.5. The molecule has 2 aromatic rings. The van der Waals surface area contributed by atoms with Gasteiger partial charge in [-0.25, -0.2) is 14.4 Å². The maximum Gasteiger partial charge on any atom is 0.136 e. The molecule has 0 amide bonds. The van der Waals surface area contributed by atoms with Crippen molar-refractivity contribution < 1.29 is 4.39 Å². The molecule has 0 spiro atoms. The molecule has 1 heterocycles. The van der Waals surface area contributed by atoms with Crippen LogP contribution in [0.4, 0.5) is 21.7 Å². The molecular formula is C16H21FN4. The van der Waals surface area contributed by atoms with E-state index in [2.05, 4.69) is 27.5 Å². The largest absolute Gasteiger partial charge is 0.370 e. The topological polar surface area (TPSA) is 49.8 Å². The minimum atomic E-state index is -0.236. The zero-order chi connectivity index (χ0) is 15.2. The van der Waals surface area contributed by atoms with Crippen LogP contribution in [-0.2, 0) is 6.42 Å². The fourth-order valence-corrected chi connectivity index (χ4v) is 1.97. The van der Waals surface area contributed by atoms with Gasteiger partial charge in [-0.3, -0.25) is 0 Å². The van der Waals surface area contributed by atoms with Gasteiger partial charge in [-0.1, -0.05) is 13.8 Å². The second-order valence-corrected chi connectivity index (χ2v) is 4.92. The fourth-order valence-electron chi connectivity index (χ4n) is 1.97. The monoisotopic (exact) mass is 288 g/mol. The number of anilines is 3. The molecule has 0 saturated heterocycles. The second-order valence-electron chi connectivity index (χ2n) is 4.92. The van der Waals surface area contributed by atoms with Gasteiger partial charge in [-0.2, -0.15) is 0 Å². The number of hydrogen-bond donors (Lipinski definition) is 2. The van der Waals surface area contributed by atoms with Gasteiger partial charge in [0.25, 0.3) is 0 Å². The van der Waals surface area contributed by atoms with Gasteiger partial charge < -0.3 is 10.6 Å². The third-order valence-electron chi connectivity index (χ3n) is 3.10. The van der Waals surface area contributed by atoms with E-state index in [1.807, 2.05) is 19.9 Å². The lowest BCUT2D eigenvalue weighted by molar-refractivity contribution is 0.627. The van der Waals surface area contributed by atoms with Crippen molar-refractivity contribution in [1.82, 2.24) is 9.97 Å². The summed E-state index contributed by atoms with van der Waals surface area (Å²) in [7, 11) is 0. The highest BCUT2D eigenvalue weighted by atomic mass is 19.1. The van der Waals surface area contributed by atoms with Crippen LogP contribution in [0.3, 0.4) is 0 Å². The van der Waals surface area contributed by atoms with Crippen LogP contribution in [0.2, 0.25) is 0 Å². The summed E-state index contributed by atoms with van der Waals surface area (Å²) in [5, 5.41) is 6.50. The molecule has 0 fully saturated rings. The maximum absolute atomic E-state index is 13.1. The number of aryl methyl sites for hydroxylation is 2. The molecule has 0 aliphatic carbocycles. The van der Waals surface area contributed by atoms with Crippen molar-refractivity contribution in [2.75, 3.05) is 17.2 Å². The summed E-state index contributed by atoms with van der Waals surface area (Å²) in [6, 6.07) is 6.53. The highest BCUT2D eigenvalue weighted by Crippen LogP contribution is 2.21. The molecular weight excluding hydrogens is 267 g/mol. The van der Waals surface area contributed by atoms with E-state index in [0.29, 0.717) is 0 Å². The summed E-state index contributed by atoms with van der Waals surface area (Å²) in [5.74, 6) is 2.07. The smallest absolute Gasteiger partial charge is 0.136 e. The van der Waals surface area contributed by atoms with Gasteiger partial charge in [-0.15, -0.1) is 0 Å². The van der Waals surface area contributed by atoms with E-state index in [1.165, 1.54) is 12.1 Å². The Bertz CT molecular complexity index is 613. The van der Waals surface area contributed by atoms with Gasteiger partial charge >= 0.3 is 0 Å². The van der Waals surface area contributed by atoms with Gasteiger partial charge in [0, 0.05) is 24.7 Å². The molecule has 21 heavy (non-hydrogen) atoms. The molecule has 5 heteroatoms. The summed E-state index contributed by atoms with van der Waals surface area (Å²) >= 11 is 0. The van der Waals surface area contributed by atoms with Crippen molar-refractivity contribution in [1.29, 1.82) is 0 Å². The second kappa shape index (κ2) is 7.02. The quantitative estimate of drug-likeness (QED) is 0.842. The van der Waals surface area contributed by atoms with Crippen LogP contribution >= 0.6 is 0 Å². The van der Waals surface area contributed by atoms with Crippen LogP contribution in [-0.4, -0.2) is 16.5 Å². The number of rotatable bonds is 6. The SMILES string of the molecule is CCCNc1cc(Nc2ccc(F)cc2C)nc(CC)n1. The molecule has 112 valence electrons. The van der Waals surface area contributed by atoms with Crippen molar-refractivity contribution in [3.05, 3.63) is 41.5 Å². The Kier molecular flexibility index (Phi) is 5.09. The lowest BCUT2D eigenvalue weighted by Crippen LogP contribution is -2.07. The number of hydrogen-bond acceptors (Lipinski definition) is 4. The van der Waals surface area contributed by atoms with E-state index in [4.69, 9.17) is 0 Å². The van der Waals surface area contributed by atoms with Crippen molar-refractivity contribution in [2.24, 2.45) is 0 Å². The Balaban J connectivity index is 2.25. The standard InChI is InChI=1S/C16H21FN4/c1-4-8-18-15-10-16(21-14(5-2)20-15)19-13-7-6-12(17)9-11(13)3/h6-7,9-10H,4-5,8H2,1-3H3,(H2,18,19,20,21). The first-order valence-corrected chi connectivity index (χ1v) is 7.27. The van der Waals surface area contributed by atoms with E-state index >= 15 is 0 Å². The predicted octanol–water partition coefficient (Wildman–Crippen LogP) is 4.05. The highest BCUT2D eigenvalue weighted by Gasteiger charge is 2.06. The van der Waals surface area contributed by atoms with Crippen LogP contribution in [0, 0.1) is 12.7 Å². The third-order valence-corrected chi connectivity index (χ3v) is 3.10. The number of nitrogens with one attached hydrogen (secondary N) is 2. The first-order chi connectivity index (χ1) is 10.1. The lowest BCUT2D eigenvalue weighted by Gasteiger charge is -2.12. The molecule has 0 aliphatic rings. The molecule has 2 N–H and O–H groups in total. The van der Waals surface area contributed by atoms with Gasteiger partial charge in [0.2, 0.25) is 0 Å². The zero-order valence-electron chi connectivity index (χ0n) is 12.7. The summed E-state index contributed by atoms with van der Waals surface area (Å²) < 4.78 is 13.1. The van der Waals surface area contributed by atoms with Crippen LogP contribution < -0.4 is 10.6 Å². The third kappa shape index (κ3) is 4.15. The minimum Gasteiger partial charge on any atom is -0.370 e. The molecule has 0 unspecified atom stereocenters. The molecule has 0 aliphatic heterocycles. The predicted molar refractivity (Wildman–Crippen MR) is 84.6 cm³/mol. The molecule has 0 atom stereocenters. The minimum absolute atomic E-state index is 0.236. The maximum atomic E-state index is 13.1. The average Bonchev–Trinajstić information content (AvgIpc) is 2.48.